The van der Waals surface area contributed by atoms with Gasteiger partial charge in [0.2, 0.25) is 9.84 Å². The minimum absolute atomic E-state index is 0.0439. The molecule has 4 rings (SSSR count). The molecule has 1 aliphatic heterocycles. The number of nitrogens with zero attached hydrogens (tertiary/aromatic N) is 1. The van der Waals surface area contributed by atoms with Crippen LogP contribution in [0.1, 0.15) is 27.0 Å². The van der Waals surface area contributed by atoms with Crippen molar-refractivity contribution in [3.63, 3.8) is 0 Å². The van der Waals surface area contributed by atoms with Crippen LogP contribution in [0.25, 0.3) is 4.91 Å². The van der Waals surface area contributed by atoms with Crippen molar-refractivity contribution < 1.29 is 13.2 Å². The number of sulfone groups is 1. The molecule has 0 N–H and O–H groups in total. The summed E-state index contributed by atoms with van der Waals surface area (Å²) in [7, 11) is -3.84. The fourth-order valence-electron chi connectivity index (χ4n) is 3.41. The van der Waals surface area contributed by atoms with Crippen LogP contribution in [0, 0.1) is 11.3 Å². The minimum Gasteiger partial charge on any atom is -0.289 e. The molecule has 3 aromatic carbocycles. The number of benzene rings is 3. The Morgan fingerprint density at radius 3 is 2.14 bits per heavy atom. The number of Topliss-reactive ketones (excluding diaryl/α,β-unsaturated/α-hetero) is 1. The molecule has 0 unspecified atom stereocenters. The van der Waals surface area contributed by atoms with E-state index >= 15 is 0 Å². The lowest BCUT2D eigenvalue weighted by Crippen LogP contribution is -2.22. The average Bonchev–Trinajstić information content (AvgIpc) is 2.73. The van der Waals surface area contributed by atoms with Crippen LogP contribution < -0.4 is 0 Å². The van der Waals surface area contributed by atoms with Crippen molar-refractivity contribution in [2.45, 2.75) is 11.3 Å². The zero-order valence-corrected chi connectivity index (χ0v) is 15.6. The fraction of sp³-hybridized carbons (Fsp3) is 0.0435. The summed E-state index contributed by atoms with van der Waals surface area (Å²) < 4.78 is 26.8. The van der Waals surface area contributed by atoms with Crippen LogP contribution in [0.15, 0.2) is 89.3 Å². The number of hydrogen-bond donors (Lipinski definition) is 0. The van der Waals surface area contributed by atoms with Crippen molar-refractivity contribution >= 4 is 20.5 Å². The van der Waals surface area contributed by atoms with Crippen LogP contribution >= 0.6 is 0 Å². The second-order valence-corrected chi connectivity index (χ2v) is 8.34. The molecule has 28 heavy (non-hydrogen) atoms. The highest BCUT2D eigenvalue weighted by molar-refractivity contribution is 8.01. The third-order valence-electron chi connectivity index (χ3n) is 4.74. The molecule has 0 aromatic heterocycles. The summed E-state index contributed by atoms with van der Waals surface area (Å²) in [6.07, 6.45) is 0.169. The van der Waals surface area contributed by atoms with Gasteiger partial charge < -0.3 is 0 Å². The molecule has 1 aliphatic rings. The van der Waals surface area contributed by atoms with E-state index in [1.807, 2.05) is 0 Å². The lowest BCUT2D eigenvalue weighted by molar-refractivity contribution is 0.102. The normalized spacial score (nSPS) is 15.0. The van der Waals surface area contributed by atoms with E-state index in [0.29, 0.717) is 11.1 Å². The Hall–Kier alpha value is -3.49. The third kappa shape index (κ3) is 2.94. The van der Waals surface area contributed by atoms with Crippen molar-refractivity contribution in [3.8, 4) is 6.07 Å². The molecule has 0 aliphatic carbocycles. The van der Waals surface area contributed by atoms with Gasteiger partial charge in [-0.05, 0) is 35.4 Å². The smallest absolute Gasteiger partial charge is 0.208 e. The lowest BCUT2D eigenvalue weighted by atomic mass is 9.94. The van der Waals surface area contributed by atoms with E-state index in [1.165, 1.54) is 6.07 Å². The maximum Gasteiger partial charge on any atom is 0.208 e. The molecular formula is C23H15NO3S. The molecule has 3 aromatic rings. The molecule has 4 nitrogen and oxygen atoms in total. The molecule has 0 spiro atoms. The van der Waals surface area contributed by atoms with Gasteiger partial charge in [0.25, 0.3) is 0 Å². The largest absolute Gasteiger partial charge is 0.289 e. The van der Waals surface area contributed by atoms with Crippen LogP contribution in [0.4, 0.5) is 0 Å². The molecular weight excluding hydrogens is 370 g/mol. The van der Waals surface area contributed by atoms with Gasteiger partial charge in [-0.2, -0.15) is 5.26 Å². The molecule has 0 fully saturated rings. The van der Waals surface area contributed by atoms with Crippen LogP contribution in [0.3, 0.4) is 0 Å². The standard InChI is InChI=1S/C23H15NO3S/c24-15-17-12-10-16(11-13-17)14-20-22(25)19-8-4-5-9-21(19)28(26,27)23(20)18-6-2-1-3-7-18/h1-13H,14H2. The predicted molar refractivity (Wildman–Crippen MR) is 106 cm³/mol. The Balaban J connectivity index is 1.95. The van der Waals surface area contributed by atoms with E-state index in [4.69, 9.17) is 5.26 Å². The highest BCUT2D eigenvalue weighted by Crippen LogP contribution is 2.39. The summed E-state index contributed by atoms with van der Waals surface area (Å²) in [4.78, 5) is 13.3. The van der Waals surface area contributed by atoms with Gasteiger partial charge in [-0.3, -0.25) is 4.79 Å². The fourth-order valence-corrected chi connectivity index (χ4v) is 5.27. The van der Waals surface area contributed by atoms with Crippen LogP contribution in [-0.4, -0.2) is 14.2 Å². The molecule has 0 saturated carbocycles. The summed E-state index contributed by atoms with van der Waals surface area (Å²) in [5, 5.41) is 8.97. The van der Waals surface area contributed by atoms with Crippen LogP contribution in [0.5, 0.6) is 0 Å². The minimum atomic E-state index is -3.84. The molecule has 136 valence electrons. The first kappa shape index (κ1) is 17.9. The molecule has 0 amide bonds. The number of nitriles is 1. The highest BCUT2D eigenvalue weighted by atomic mass is 32.2. The Bertz CT molecular complexity index is 1250. The molecule has 0 bridgehead atoms. The summed E-state index contributed by atoms with van der Waals surface area (Å²) >= 11 is 0. The topological polar surface area (TPSA) is 75.0 Å². The number of fused-ring (bicyclic) bond motifs is 1. The first-order valence-electron chi connectivity index (χ1n) is 8.69. The van der Waals surface area contributed by atoms with Gasteiger partial charge in [0.05, 0.1) is 21.4 Å². The number of allylic oxidation sites excluding steroid dienone is 1. The monoisotopic (exact) mass is 385 g/mol. The van der Waals surface area contributed by atoms with Crippen molar-refractivity contribution in [2.75, 3.05) is 0 Å². The van der Waals surface area contributed by atoms with E-state index in [1.54, 1.807) is 72.8 Å². The number of rotatable bonds is 3. The molecule has 5 heteroatoms. The van der Waals surface area contributed by atoms with Gasteiger partial charge >= 0.3 is 0 Å². The predicted octanol–water partition coefficient (Wildman–Crippen LogP) is 4.18. The summed E-state index contributed by atoms with van der Waals surface area (Å²) in [5.74, 6) is -0.284. The zero-order chi connectivity index (χ0) is 19.7. The quantitative estimate of drug-likeness (QED) is 0.678. The van der Waals surface area contributed by atoms with E-state index in [0.717, 1.165) is 5.56 Å². The van der Waals surface area contributed by atoms with Gasteiger partial charge in [0, 0.05) is 17.6 Å². The van der Waals surface area contributed by atoms with Crippen LogP contribution in [-0.2, 0) is 16.3 Å². The first-order valence-corrected chi connectivity index (χ1v) is 10.2. The number of carbonyl (C=O) groups is 1. The number of carbonyl (C=O) groups excluding carboxylic acids is 1. The summed E-state index contributed by atoms with van der Waals surface area (Å²) in [5.41, 5.74) is 2.22. The molecule has 1 heterocycles. The van der Waals surface area contributed by atoms with E-state index in [2.05, 4.69) is 6.07 Å². The highest BCUT2D eigenvalue weighted by Gasteiger charge is 2.37. The Labute approximate surface area is 163 Å². The van der Waals surface area contributed by atoms with Gasteiger partial charge in [-0.1, -0.05) is 54.6 Å². The summed E-state index contributed by atoms with van der Waals surface area (Å²) in [6.45, 7) is 0. The Kier molecular flexibility index (Phi) is 4.42. The molecule has 0 atom stereocenters. The second-order valence-electron chi connectivity index (χ2n) is 6.49. The third-order valence-corrected chi connectivity index (χ3v) is 6.69. The number of hydrogen-bond acceptors (Lipinski definition) is 4. The van der Waals surface area contributed by atoms with E-state index < -0.39 is 9.84 Å². The Morgan fingerprint density at radius 1 is 0.821 bits per heavy atom. The van der Waals surface area contributed by atoms with E-state index in [9.17, 15) is 13.2 Å². The first-order chi connectivity index (χ1) is 13.5. The zero-order valence-electron chi connectivity index (χ0n) is 14.8. The van der Waals surface area contributed by atoms with Gasteiger partial charge in [-0.25, -0.2) is 8.42 Å². The average molecular weight is 385 g/mol. The van der Waals surface area contributed by atoms with Crippen molar-refractivity contribution in [3.05, 3.63) is 107 Å². The van der Waals surface area contributed by atoms with Crippen LogP contribution in [0.2, 0.25) is 0 Å². The summed E-state index contributed by atoms with van der Waals surface area (Å²) in [6, 6.07) is 23.9. The van der Waals surface area contributed by atoms with Crippen molar-refractivity contribution in [1.29, 1.82) is 5.26 Å². The number of ketones is 1. The maximum atomic E-state index is 13.4. The molecule has 0 saturated heterocycles. The van der Waals surface area contributed by atoms with E-state index in [-0.39, 0.29) is 33.1 Å². The maximum absolute atomic E-state index is 13.4. The lowest BCUT2D eigenvalue weighted by Gasteiger charge is -2.22. The van der Waals surface area contributed by atoms with Crippen molar-refractivity contribution in [2.24, 2.45) is 0 Å². The van der Waals surface area contributed by atoms with Gasteiger partial charge in [0.15, 0.2) is 5.78 Å². The molecule has 0 radical (unpaired) electrons. The second kappa shape index (κ2) is 6.91. The van der Waals surface area contributed by atoms with Crippen molar-refractivity contribution in [1.82, 2.24) is 0 Å². The van der Waals surface area contributed by atoms with Gasteiger partial charge in [0.1, 0.15) is 0 Å². The van der Waals surface area contributed by atoms with Gasteiger partial charge in [-0.15, -0.1) is 0 Å². The SMILES string of the molecule is N#Cc1ccc(CC2=C(c3ccccc3)S(=O)(=O)c3ccccc3C2=O)cc1. The Morgan fingerprint density at radius 2 is 1.46 bits per heavy atom.